The summed E-state index contributed by atoms with van der Waals surface area (Å²) in [7, 11) is 4.04. The van der Waals surface area contributed by atoms with Crippen LogP contribution in [-0.2, 0) is 4.79 Å². The molecule has 0 amide bonds. The lowest BCUT2D eigenvalue weighted by Gasteiger charge is -2.08. The van der Waals surface area contributed by atoms with Crippen LogP contribution in [0.1, 0.15) is 26.2 Å². The van der Waals surface area contributed by atoms with Crippen LogP contribution < -0.4 is 0 Å². The highest BCUT2D eigenvalue weighted by molar-refractivity contribution is 5.86. The fourth-order valence-corrected chi connectivity index (χ4v) is 1.22. The van der Waals surface area contributed by atoms with E-state index in [9.17, 15) is 4.79 Å². The zero-order chi connectivity index (χ0) is 11.7. The van der Waals surface area contributed by atoms with E-state index in [0.717, 1.165) is 19.4 Å². The maximum atomic E-state index is 10.8. The Morgan fingerprint density at radius 1 is 1.33 bits per heavy atom. The SMILES string of the molecule is CC=CC=C(CCCCN(C)C)C(=O)O. The second kappa shape index (κ2) is 8.24. The van der Waals surface area contributed by atoms with Gasteiger partial charge >= 0.3 is 5.97 Å². The average Bonchev–Trinajstić information content (AvgIpc) is 2.15. The maximum Gasteiger partial charge on any atom is 0.331 e. The van der Waals surface area contributed by atoms with Gasteiger partial charge in [0.1, 0.15) is 0 Å². The molecule has 0 aliphatic carbocycles. The van der Waals surface area contributed by atoms with Crippen molar-refractivity contribution in [1.82, 2.24) is 4.90 Å². The van der Waals surface area contributed by atoms with Gasteiger partial charge in [-0.25, -0.2) is 4.79 Å². The minimum Gasteiger partial charge on any atom is -0.478 e. The Labute approximate surface area is 92.1 Å². The molecule has 0 saturated carbocycles. The monoisotopic (exact) mass is 211 g/mol. The summed E-state index contributed by atoms with van der Waals surface area (Å²) in [6.45, 7) is 2.89. The number of nitrogens with zero attached hydrogens (tertiary/aromatic N) is 1. The first-order valence-corrected chi connectivity index (χ1v) is 5.27. The van der Waals surface area contributed by atoms with Gasteiger partial charge in [0, 0.05) is 5.57 Å². The van der Waals surface area contributed by atoms with Crippen LogP contribution in [0.4, 0.5) is 0 Å². The van der Waals surface area contributed by atoms with Crippen molar-refractivity contribution in [1.29, 1.82) is 0 Å². The second-order valence-electron chi connectivity index (χ2n) is 3.78. The smallest absolute Gasteiger partial charge is 0.331 e. The number of hydrogen-bond acceptors (Lipinski definition) is 2. The Morgan fingerprint density at radius 3 is 2.47 bits per heavy atom. The van der Waals surface area contributed by atoms with Gasteiger partial charge in [0.25, 0.3) is 0 Å². The third kappa shape index (κ3) is 7.94. The molecule has 0 atom stereocenters. The van der Waals surface area contributed by atoms with Gasteiger partial charge in [0.15, 0.2) is 0 Å². The molecule has 0 aromatic carbocycles. The van der Waals surface area contributed by atoms with E-state index in [1.54, 1.807) is 12.2 Å². The van der Waals surface area contributed by atoms with Crippen LogP contribution in [0.2, 0.25) is 0 Å². The van der Waals surface area contributed by atoms with Gasteiger partial charge in [-0.1, -0.05) is 18.2 Å². The highest BCUT2D eigenvalue weighted by atomic mass is 16.4. The second-order valence-corrected chi connectivity index (χ2v) is 3.78. The highest BCUT2D eigenvalue weighted by Gasteiger charge is 2.05. The van der Waals surface area contributed by atoms with Gasteiger partial charge in [-0.15, -0.1) is 0 Å². The van der Waals surface area contributed by atoms with E-state index >= 15 is 0 Å². The minimum absolute atomic E-state index is 0.492. The van der Waals surface area contributed by atoms with Crippen molar-refractivity contribution < 1.29 is 9.90 Å². The van der Waals surface area contributed by atoms with Gasteiger partial charge in [-0.3, -0.25) is 0 Å². The molecule has 0 unspecified atom stereocenters. The summed E-state index contributed by atoms with van der Waals surface area (Å²) < 4.78 is 0. The number of unbranched alkanes of at least 4 members (excludes halogenated alkanes) is 1. The Hall–Kier alpha value is -1.09. The molecule has 0 rings (SSSR count). The molecule has 0 fully saturated rings. The molecule has 3 heteroatoms. The third-order valence-electron chi connectivity index (χ3n) is 2.07. The summed E-state index contributed by atoms with van der Waals surface area (Å²) in [5.41, 5.74) is 0.492. The van der Waals surface area contributed by atoms with Crippen molar-refractivity contribution in [3.8, 4) is 0 Å². The zero-order valence-electron chi connectivity index (χ0n) is 9.86. The molecule has 0 bridgehead atoms. The maximum absolute atomic E-state index is 10.8. The van der Waals surface area contributed by atoms with Gasteiger partial charge < -0.3 is 10.0 Å². The number of rotatable bonds is 7. The number of aliphatic carboxylic acids is 1. The predicted molar refractivity (Wildman–Crippen MR) is 62.9 cm³/mol. The van der Waals surface area contributed by atoms with E-state index < -0.39 is 5.97 Å². The summed E-state index contributed by atoms with van der Waals surface area (Å²) in [5, 5.41) is 8.90. The minimum atomic E-state index is -0.807. The lowest BCUT2D eigenvalue weighted by atomic mass is 10.1. The van der Waals surface area contributed by atoms with Crippen molar-refractivity contribution in [2.24, 2.45) is 0 Å². The van der Waals surface area contributed by atoms with Gasteiger partial charge in [-0.05, 0) is 46.8 Å². The molecule has 1 N–H and O–H groups in total. The molecule has 3 nitrogen and oxygen atoms in total. The average molecular weight is 211 g/mol. The van der Waals surface area contributed by atoms with Gasteiger partial charge in [0.05, 0.1) is 0 Å². The normalized spacial score (nSPS) is 12.7. The molecule has 0 aliphatic rings. The van der Waals surface area contributed by atoms with Crippen molar-refractivity contribution in [2.45, 2.75) is 26.2 Å². The largest absolute Gasteiger partial charge is 0.478 e. The summed E-state index contributed by atoms with van der Waals surface area (Å²) in [6, 6.07) is 0. The lowest BCUT2D eigenvalue weighted by molar-refractivity contribution is -0.132. The molecular formula is C12H21NO2. The van der Waals surface area contributed by atoms with Crippen LogP contribution in [-0.4, -0.2) is 36.6 Å². The molecule has 0 saturated heterocycles. The topological polar surface area (TPSA) is 40.5 Å². The Morgan fingerprint density at radius 2 is 2.00 bits per heavy atom. The first kappa shape index (κ1) is 13.9. The van der Waals surface area contributed by atoms with Crippen molar-refractivity contribution in [3.05, 3.63) is 23.8 Å². The van der Waals surface area contributed by atoms with Crippen LogP contribution in [0.3, 0.4) is 0 Å². The van der Waals surface area contributed by atoms with Gasteiger partial charge in [0.2, 0.25) is 0 Å². The van der Waals surface area contributed by atoms with Crippen LogP contribution in [0, 0.1) is 0 Å². The van der Waals surface area contributed by atoms with E-state index in [0.29, 0.717) is 12.0 Å². The number of allylic oxidation sites excluding steroid dienone is 3. The van der Waals surface area contributed by atoms with Crippen molar-refractivity contribution >= 4 is 5.97 Å². The van der Waals surface area contributed by atoms with E-state index in [1.165, 1.54) is 0 Å². The molecular weight excluding hydrogens is 190 g/mol. The highest BCUT2D eigenvalue weighted by Crippen LogP contribution is 2.08. The summed E-state index contributed by atoms with van der Waals surface area (Å²) in [5.74, 6) is -0.807. The summed E-state index contributed by atoms with van der Waals surface area (Å²) in [6.07, 6.45) is 7.89. The Balaban J connectivity index is 3.93. The lowest BCUT2D eigenvalue weighted by Crippen LogP contribution is -2.13. The Kier molecular flexibility index (Phi) is 7.64. The number of carboxylic acid groups (broad SMARTS) is 1. The van der Waals surface area contributed by atoms with Crippen LogP contribution in [0.25, 0.3) is 0 Å². The van der Waals surface area contributed by atoms with Crippen LogP contribution in [0.5, 0.6) is 0 Å². The Bertz CT molecular complexity index is 242. The molecule has 0 aromatic heterocycles. The van der Waals surface area contributed by atoms with Crippen LogP contribution in [0.15, 0.2) is 23.8 Å². The van der Waals surface area contributed by atoms with E-state index in [4.69, 9.17) is 5.11 Å². The summed E-state index contributed by atoms with van der Waals surface area (Å²) in [4.78, 5) is 12.9. The van der Waals surface area contributed by atoms with E-state index in [-0.39, 0.29) is 0 Å². The third-order valence-corrected chi connectivity index (χ3v) is 2.07. The zero-order valence-corrected chi connectivity index (χ0v) is 9.86. The first-order chi connectivity index (χ1) is 7.07. The summed E-state index contributed by atoms with van der Waals surface area (Å²) >= 11 is 0. The van der Waals surface area contributed by atoms with E-state index in [1.807, 2.05) is 27.1 Å². The first-order valence-electron chi connectivity index (χ1n) is 5.27. The fraction of sp³-hybridized carbons (Fsp3) is 0.583. The standard InChI is InChI=1S/C12H21NO2/c1-4-5-8-11(12(14)15)9-6-7-10-13(2)3/h4-5,8H,6-7,9-10H2,1-3H3,(H,14,15). The quantitative estimate of drug-likeness (QED) is 0.399. The van der Waals surface area contributed by atoms with Gasteiger partial charge in [-0.2, -0.15) is 0 Å². The molecule has 0 radical (unpaired) electrons. The number of hydrogen-bond donors (Lipinski definition) is 1. The number of carboxylic acids is 1. The molecule has 0 heterocycles. The molecule has 0 spiro atoms. The molecule has 0 aromatic rings. The van der Waals surface area contributed by atoms with Crippen molar-refractivity contribution in [3.63, 3.8) is 0 Å². The fourth-order valence-electron chi connectivity index (χ4n) is 1.22. The van der Waals surface area contributed by atoms with Crippen LogP contribution >= 0.6 is 0 Å². The molecule has 0 aliphatic heterocycles. The number of carbonyl (C=O) groups is 1. The molecule has 86 valence electrons. The van der Waals surface area contributed by atoms with E-state index in [2.05, 4.69) is 4.90 Å². The molecule has 15 heavy (non-hydrogen) atoms. The van der Waals surface area contributed by atoms with Crippen molar-refractivity contribution in [2.75, 3.05) is 20.6 Å². The predicted octanol–water partition coefficient (Wildman–Crippen LogP) is 2.31.